The zero-order chi connectivity index (χ0) is 13.2. The van der Waals surface area contributed by atoms with Crippen LogP contribution in [-0.2, 0) is 9.47 Å². The molecule has 0 atom stereocenters. The topological polar surface area (TPSA) is 65.5 Å². The minimum atomic E-state index is 0.571. The fourth-order valence-corrected chi connectivity index (χ4v) is 1.34. The van der Waals surface area contributed by atoms with E-state index in [1.54, 1.807) is 20.3 Å². The van der Waals surface area contributed by atoms with Crippen molar-refractivity contribution < 1.29 is 14.2 Å². The van der Waals surface area contributed by atoms with Gasteiger partial charge in [-0.25, -0.2) is 4.98 Å². The molecule has 0 aliphatic rings. The SMILES string of the molecule is COCCOCCCNc1nc(C)cc(OC)n1. The summed E-state index contributed by atoms with van der Waals surface area (Å²) >= 11 is 0. The van der Waals surface area contributed by atoms with Gasteiger partial charge in [0.05, 0.1) is 20.3 Å². The standard InChI is InChI=1S/C12H21N3O3/c1-10-9-11(17-3)15-12(14-10)13-5-4-6-18-8-7-16-2/h9H,4-8H2,1-3H3,(H,13,14,15). The van der Waals surface area contributed by atoms with Crippen molar-refractivity contribution in [3.8, 4) is 5.88 Å². The van der Waals surface area contributed by atoms with Gasteiger partial charge in [-0.1, -0.05) is 0 Å². The van der Waals surface area contributed by atoms with Crippen LogP contribution in [0.3, 0.4) is 0 Å². The fourth-order valence-electron chi connectivity index (χ4n) is 1.34. The molecule has 1 rings (SSSR count). The molecule has 1 aromatic rings. The monoisotopic (exact) mass is 255 g/mol. The van der Waals surface area contributed by atoms with E-state index in [2.05, 4.69) is 15.3 Å². The summed E-state index contributed by atoms with van der Waals surface area (Å²) in [6.07, 6.45) is 0.892. The Morgan fingerprint density at radius 1 is 1.17 bits per heavy atom. The number of methoxy groups -OCH3 is 2. The summed E-state index contributed by atoms with van der Waals surface area (Å²) in [5, 5.41) is 3.14. The Balaban J connectivity index is 2.20. The van der Waals surface area contributed by atoms with E-state index in [-0.39, 0.29) is 0 Å². The van der Waals surface area contributed by atoms with Crippen LogP contribution < -0.4 is 10.1 Å². The summed E-state index contributed by atoms with van der Waals surface area (Å²) in [7, 11) is 3.25. The van der Waals surface area contributed by atoms with Crippen LogP contribution in [0.15, 0.2) is 6.07 Å². The van der Waals surface area contributed by atoms with Gasteiger partial charge in [-0.05, 0) is 13.3 Å². The lowest BCUT2D eigenvalue weighted by Crippen LogP contribution is -2.10. The number of nitrogens with one attached hydrogen (secondary N) is 1. The third kappa shape index (κ3) is 5.79. The van der Waals surface area contributed by atoms with E-state index in [0.717, 1.165) is 18.7 Å². The third-order valence-electron chi connectivity index (χ3n) is 2.22. The van der Waals surface area contributed by atoms with Gasteiger partial charge in [0, 0.05) is 32.0 Å². The van der Waals surface area contributed by atoms with Crippen molar-refractivity contribution in [3.63, 3.8) is 0 Å². The highest BCUT2D eigenvalue weighted by Crippen LogP contribution is 2.10. The molecule has 6 heteroatoms. The van der Waals surface area contributed by atoms with Gasteiger partial charge in [0.15, 0.2) is 0 Å². The van der Waals surface area contributed by atoms with Gasteiger partial charge in [0.2, 0.25) is 11.8 Å². The summed E-state index contributed by atoms with van der Waals surface area (Å²) in [4.78, 5) is 8.46. The van der Waals surface area contributed by atoms with Crippen LogP contribution in [0.25, 0.3) is 0 Å². The Kier molecular flexibility index (Phi) is 7.05. The van der Waals surface area contributed by atoms with E-state index in [1.165, 1.54) is 0 Å². The molecule has 0 aliphatic carbocycles. The summed E-state index contributed by atoms with van der Waals surface area (Å²) < 4.78 is 15.3. The highest BCUT2D eigenvalue weighted by atomic mass is 16.5. The number of ether oxygens (including phenoxy) is 3. The predicted molar refractivity (Wildman–Crippen MR) is 69.1 cm³/mol. The molecule has 0 amide bonds. The van der Waals surface area contributed by atoms with Crippen molar-refractivity contribution in [1.29, 1.82) is 0 Å². The Labute approximate surface area is 108 Å². The van der Waals surface area contributed by atoms with Crippen molar-refractivity contribution in [3.05, 3.63) is 11.8 Å². The molecule has 1 N–H and O–H groups in total. The van der Waals surface area contributed by atoms with Gasteiger partial charge in [0.25, 0.3) is 0 Å². The van der Waals surface area contributed by atoms with Gasteiger partial charge in [0.1, 0.15) is 0 Å². The molecule has 1 heterocycles. The van der Waals surface area contributed by atoms with E-state index in [9.17, 15) is 0 Å². The van der Waals surface area contributed by atoms with E-state index in [0.29, 0.717) is 31.6 Å². The lowest BCUT2D eigenvalue weighted by molar-refractivity contribution is 0.0705. The maximum Gasteiger partial charge on any atom is 0.226 e. The second-order valence-corrected chi connectivity index (χ2v) is 3.76. The molecule has 0 radical (unpaired) electrons. The van der Waals surface area contributed by atoms with E-state index in [1.807, 2.05) is 6.92 Å². The van der Waals surface area contributed by atoms with Crippen LogP contribution >= 0.6 is 0 Å². The second kappa shape index (κ2) is 8.66. The number of aromatic nitrogens is 2. The van der Waals surface area contributed by atoms with Crippen LogP contribution in [-0.4, -0.2) is 50.6 Å². The van der Waals surface area contributed by atoms with E-state index < -0.39 is 0 Å². The second-order valence-electron chi connectivity index (χ2n) is 3.76. The average Bonchev–Trinajstić information content (AvgIpc) is 2.37. The molecular formula is C12H21N3O3. The number of nitrogens with zero attached hydrogens (tertiary/aromatic N) is 2. The van der Waals surface area contributed by atoms with Crippen LogP contribution in [0.2, 0.25) is 0 Å². The lowest BCUT2D eigenvalue weighted by Gasteiger charge is -2.07. The first-order chi connectivity index (χ1) is 8.76. The molecule has 0 aromatic carbocycles. The Bertz CT molecular complexity index is 347. The van der Waals surface area contributed by atoms with Crippen molar-refractivity contribution in [2.45, 2.75) is 13.3 Å². The zero-order valence-electron chi connectivity index (χ0n) is 11.2. The quantitative estimate of drug-likeness (QED) is 0.670. The highest BCUT2D eigenvalue weighted by molar-refractivity contribution is 5.30. The highest BCUT2D eigenvalue weighted by Gasteiger charge is 2.01. The molecule has 0 fully saturated rings. The minimum absolute atomic E-state index is 0.571. The third-order valence-corrected chi connectivity index (χ3v) is 2.22. The Morgan fingerprint density at radius 2 is 2.00 bits per heavy atom. The number of rotatable bonds is 9. The van der Waals surface area contributed by atoms with Crippen LogP contribution in [0.5, 0.6) is 5.88 Å². The van der Waals surface area contributed by atoms with E-state index >= 15 is 0 Å². The summed E-state index contributed by atoms with van der Waals surface area (Å²) in [6.45, 7) is 4.62. The minimum Gasteiger partial charge on any atom is -0.481 e. The molecule has 0 saturated carbocycles. The van der Waals surface area contributed by atoms with Crippen LogP contribution in [0, 0.1) is 6.92 Å². The molecule has 0 unspecified atom stereocenters. The number of anilines is 1. The van der Waals surface area contributed by atoms with Crippen LogP contribution in [0.4, 0.5) is 5.95 Å². The van der Waals surface area contributed by atoms with Gasteiger partial charge in [-0.15, -0.1) is 0 Å². The fraction of sp³-hybridized carbons (Fsp3) is 0.667. The van der Waals surface area contributed by atoms with E-state index in [4.69, 9.17) is 14.2 Å². The van der Waals surface area contributed by atoms with Crippen molar-refractivity contribution >= 4 is 5.95 Å². The van der Waals surface area contributed by atoms with Gasteiger partial charge in [-0.2, -0.15) is 4.98 Å². The molecule has 6 nitrogen and oxygen atoms in total. The van der Waals surface area contributed by atoms with Crippen molar-refractivity contribution in [2.75, 3.05) is 45.9 Å². The summed E-state index contributed by atoms with van der Waals surface area (Å²) in [6, 6.07) is 1.79. The molecule has 0 spiro atoms. The maximum atomic E-state index is 5.35. The number of hydrogen-bond donors (Lipinski definition) is 1. The average molecular weight is 255 g/mol. The smallest absolute Gasteiger partial charge is 0.226 e. The molecular weight excluding hydrogens is 234 g/mol. The predicted octanol–water partition coefficient (Wildman–Crippen LogP) is 1.26. The first-order valence-corrected chi connectivity index (χ1v) is 5.96. The Morgan fingerprint density at radius 3 is 2.72 bits per heavy atom. The molecule has 1 aromatic heterocycles. The first kappa shape index (κ1) is 14.7. The van der Waals surface area contributed by atoms with Crippen LogP contribution in [0.1, 0.15) is 12.1 Å². The van der Waals surface area contributed by atoms with Crippen molar-refractivity contribution in [1.82, 2.24) is 9.97 Å². The lowest BCUT2D eigenvalue weighted by atomic mass is 10.4. The molecule has 0 aliphatic heterocycles. The Hall–Kier alpha value is -1.40. The number of aryl methyl sites for hydroxylation is 1. The van der Waals surface area contributed by atoms with Gasteiger partial charge in [-0.3, -0.25) is 0 Å². The summed E-state index contributed by atoms with van der Waals surface area (Å²) in [5.74, 6) is 1.16. The van der Waals surface area contributed by atoms with Gasteiger partial charge >= 0.3 is 0 Å². The normalized spacial score (nSPS) is 10.4. The van der Waals surface area contributed by atoms with Gasteiger partial charge < -0.3 is 19.5 Å². The molecule has 18 heavy (non-hydrogen) atoms. The molecule has 102 valence electrons. The molecule has 0 saturated heterocycles. The zero-order valence-corrected chi connectivity index (χ0v) is 11.2. The number of hydrogen-bond acceptors (Lipinski definition) is 6. The molecule has 0 bridgehead atoms. The largest absolute Gasteiger partial charge is 0.481 e. The first-order valence-electron chi connectivity index (χ1n) is 5.96. The van der Waals surface area contributed by atoms with Crippen molar-refractivity contribution in [2.24, 2.45) is 0 Å². The maximum absolute atomic E-state index is 5.35. The summed E-state index contributed by atoms with van der Waals surface area (Å²) in [5.41, 5.74) is 0.876.